The number of carbonyl (C=O) groups is 1. The summed E-state index contributed by atoms with van der Waals surface area (Å²) in [7, 11) is -3.62. The maximum absolute atomic E-state index is 13.0. The van der Waals surface area contributed by atoms with E-state index in [-0.39, 0.29) is 22.6 Å². The maximum atomic E-state index is 13.0. The van der Waals surface area contributed by atoms with Gasteiger partial charge in [-0.15, -0.1) is 0 Å². The lowest BCUT2D eigenvalue weighted by atomic mass is 9.85. The molecule has 3 rings (SSSR count). The van der Waals surface area contributed by atoms with E-state index in [2.05, 4.69) is 29.5 Å². The molecular weight excluding hydrogens is 402 g/mol. The molecule has 2 heterocycles. The zero-order valence-corrected chi connectivity index (χ0v) is 19.0. The lowest BCUT2D eigenvalue weighted by Crippen LogP contribution is -2.42. The van der Waals surface area contributed by atoms with Crippen LogP contribution < -0.4 is 5.32 Å². The first-order chi connectivity index (χ1) is 14.2. The maximum Gasteiger partial charge on any atom is 0.248 e. The third kappa shape index (κ3) is 4.75. The Morgan fingerprint density at radius 3 is 2.33 bits per heavy atom. The molecule has 7 nitrogen and oxygen atoms in total. The van der Waals surface area contributed by atoms with Crippen molar-refractivity contribution in [2.75, 3.05) is 13.1 Å². The van der Waals surface area contributed by atoms with Crippen LogP contribution in [0, 0.1) is 25.7 Å². The molecule has 0 saturated carbocycles. The molecule has 0 aliphatic carbocycles. The molecule has 1 aromatic heterocycles. The summed E-state index contributed by atoms with van der Waals surface area (Å²) in [5.74, 6) is 0.323. The fourth-order valence-corrected chi connectivity index (χ4v) is 5.81. The molecule has 0 bridgehead atoms. The van der Waals surface area contributed by atoms with Crippen LogP contribution in [0.15, 0.2) is 33.7 Å². The van der Waals surface area contributed by atoms with E-state index in [9.17, 15) is 13.2 Å². The van der Waals surface area contributed by atoms with E-state index in [1.165, 1.54) is 9.87 Å². The number of aryl methyl sites for hydroxylation is 3. The fourth-order valence-electron chi connectivity index (χ4n) is 4.05. The monoisotopic (exact) mass is 433 g/mol. The summed E-state index contributed by atoms with van der Waals surface area (Å²) in [5, 5.41) is 6.79. The van der Waals surface area contributed by atoms with Crippen LogP contribution in [-0.2, 0) is 27.8 Å². The lowest BCUT2D eigenvalue weighted by Gasteiger charge is -2.33. The first-order valence-electron chi connectivity index (χ1n) is 10.5. The number of carbonyl (C=O) groups excluding carboxylic acids is 1. The summed E-state index contributed by atoms with van der Waals surface area (Å²) in [6, 6.07) is 8.25. The summed E-state index contributed by atoms with van der Waals surface area (Å²) in [6.45, 7) is 8.59. The van der Waals surface area contributed by atoms with Gasteiger partial charge in [-0.2, -0.15) is 4.31 Å². The van der Waals surface area contributed by atoms with Gasteiger partial charge in [0.1, 0.15) is 10.6 Å². The molecule has 1 fully saturated rings. The summed E-state index contributed by atoms with van der Waals surface area (Å²) in [6.07, 6.45) is 2.30. The molecule has 30 heavy (non-hydrogen) atoms. The minimum atomic E-state index is -3.62. The largest absolute Gasteiger partial charge is 0.360 e. The smallest absolute Gasteiger partial charge is 0.248 e. The van der Waals surface area contributed by atoms with Crippen molar-refractivity contribution in [1.82, 2.24) is 14.8 Å². The number of hydrogen-bond acceptors (Lipinski definition) is 5. The second-order valence-corrected chi connectivity index (χ2v) is 9.95. The van der Waals surface area contributed by atoms with Gasteiger partial charge in [-0.05, 0) is 50.2 Å². The molecule has 8 heteroatoms. The Hall–Kier alpha value is -2.19. The first-order valence-corrected chi connectivity index (χ1v) is 12.0. The number of rotatable bonds is 7. The van der Waals surface area contributed by atoms with E-state index >= 15 is 0 Å². The molecule has 1 aliphatic heterocycles. The van der Waals surface area contributed by atoms with Crippen LogP contribution in [-0.4, -0.2) is 36.9 Å². The number of benzene rings is 1. The molecule has 1 atom stereocenters. The van der Waals surface area contributed by atoms with Crippen molar-refractivity contribution in [3.63, 3.8) is 0 Å². The fraction of sp³-hybridized carbons (Fsp3) is 0.545. The number of piperidine rings is 1. The summed E-state index contributed by atoms with van der Waals surface area (Å²) in [5.41, 5.74) is 2.74. The summed E-state index contributed by atoms with van der Waals surface area (Å²) >= 11 is 0. The van der Waals surface area contributed by atoms with Gasteiger partial charge in [0.15, 0.2) is 5.76 Å². The highest BCUT2D eigenvalue weighted by molar-refractivity contribution is 7.89. The number of sulfonamides is 1. The van der Waals surface area contributed by atoms with E-state index in [4.69, 9.17) is 4.52 Å². The van der Waals surface area contributed by atoms with E-state index in [0.29, 0.717) is 43.9 Å². The van der Waals surface area contributed by atoms with Gasteiger partial charge >= 0.3 is 0 Å². The second-order valence-electron chi connectivity index (χ2n) is 8.07. The average molecular weight is 434 g/mol. The van der Waals surface area contributed by atoms with Crippen LogP contribution in [0.5, 0.6) is 0 Å². The normalized spacial score (nSPS) is 17.1. The Morgan fingerprint density at radius 1 is 1.20 bits per heavy atom. The Bertz CT molecular complexity index is 955. The van der Waals surface area contributed by atoms with E-state index < -0.39 is 10.0 Å². The van der Waals surface area contributed by atoms with Crippen LogP contribution in [0.25, 0.3) is 0 Å². The van der Waals surface area contributed by atoms with Crippen molar-refractivity contribution in [1.29, 1.82) is 0 Å². The van der Waals surface area contributed by atoms with Crippen molar-refractivity contribution in [3.8, 4) is 0 Å². The Morgan fingerprint density at radius 2 is 1.80 bits per heavy atom. The zero-order valence-electron chi connectivity index (χ0n) is 18.1. The standard InChI is InChI=1S/C22H31N3O4S/c1-5-18-6-8-19(9-7-18)14-23-22(26)15(2)20-10-12-25(13-11-20)30(27,28)21-16(3)24-29-17(21)4/h6-9,15,20H,5,10-14H2,1-4H3,(H,23,26). The molecule has 1 aliphatic rings. The Balaban J connectivity index is 1.54. The molecule has 0 spiro atoms. The van der Waals surface area contributed by atoms with Gasteiger partial charge in [-0.25, -0.2) is 8.42 Å². The van der Waals surface area contributed by atoms with Gasteiger partial charge < -0.3 is 9.84 Å². The molecule has 1 amide bonds. The first kappa shape index (κ1) is 22.5. The van der Waals surface area contributed by atoms with Gasteiger partial charge in [-0.1, -0.05) is 43.3 Å². The van der Waals surface area contributed by atoms with Crippen LogP contribution >= 0.6 is 0 Å². The molecule has 2 aromatic rings. The minimum absolute atomic E-state index is 0.0154. The van der Waals surface area contributed by atoms with Crippen LogP contribution in [0.2, 0.25) is 0 Å². The average Bonchev–Trinajstić information content (AvgIpc) is 3.10. The van der Waals surface area contributed by atoms with E-state index in [0.717, 1.165) is 12.0 Å². The third-order valence-electron chi connectivity index (χ3n) is 6.08. The second kappa shape index (κ2) is 9.31. The van der Waals surface area contributed by atoms with Crippen LogP contribution in [0.4, 0.5) is 0 Å². The number of aromatic nitrogens is 1. The predicted octanol–water partition coefficient (Wildman–Crippen LogP) is 3.21. The van der Waals surface area contributed by atoms with Gasteiger partial charge in [0, 0.05) is 25.6 Å². The van der Waals surface area contributed by atoms with Crippen molar-refractivity contribution in [3.05, 3.63) is 46.8 Å². The van der Waals surface area contributed by atoms with Crippen molar-refractivity contribution in [2.45, 2.75) is 58.4 Å². The molecule has 1 aromatic carbocycles. The quantitative estimate of drug-likeness (QED) is 0.724. The van der Waals surface area contributed by atoms with E-state index in [1.54, 1.807) is 13.8 Å². The Kier molecular flexibility index (Phi) is 6.98. The van der Waals surface area contributed by atoms with Gasteiger partial charge in [0.2, 0.25) is 15.9 Å². The highest BCUT2D eigenvalue weighted by Gasteiger charge is 2.36. The van der Waals surface area contributed by atoms with Crippen molar-refractivity contribution >= 4 is 15.9 Å². The number of nitrogens with zero attached hydrogens (tertiary/aromatic N) is 2. The zero-order chi connectivity index (χ0) is 21.9. The summed E-state index contributed by atoms with van der Waals surface area (Å²) in [4.78, 5) is 12.8. The third-order valence-corrected chi connectivity index (χ3v) is 8.23. The Labute approximate surface area is 178 Å². The van der Waals surface area contributed by atoms with Crippen LogP contribution in [0.1, 0.15) is 49.3 Å². The molecule has 164 valence electrons. The van der Waals surface area contributed by atoms with Gasteiger partial charge in [-0.3, -0.25) is 4.79 Å². The minimum Gasteiger partial charge on any atom is -0.360 e. The topological polar surface area (TPSA) is 92.5 Å². The van der Waals surface area contributed by atoms with Crippen molar-refractivity contribution in [2.24, 2.45) is 11.8 Å². The molecule has 1 N–H and O–H groups in total. The van der Waals surface area contributed by atoms with Crippen molar-refractivity contribution < 1.29 is 17.7 Å². The van der Waals surface area contributed by atoms with Gasteiger partial charge in [0.25, 0.3) is 0 Å². The lowest BCUT2D eigenvalue weighted by molar-refractivity contribution is -0.126. The molecule has 0 radical (unpaired) electrons. The molecule has 1 saturated heterocycles. The van der Waals surface area contributed by atoms with E-state index in [1.807, 2.05) is 19.1 Å². The van der Waals surface area contributed by atoms with Gasteiger partial charge in [0.05, 0.1) is 0 Å². The molecule has 1 unspecified atom stereocenters. The molecular formula is C22H31N3O4S. The number of hydrogen-bond donors (Lipinski definition) is 1. The number of nitrogens with one attached hydrogen (secondary N) is 1. The SMILES string of the molecule is CCc1ccc(CNC(=O)C(C)C2CCN(S(=O)(=O)c3c(C)noc3C)CC2)cc1. The predicted molar refractivity (Wildman–Crippen MR) is 114 cm³/mol. The highest BCUT2D eigenvalue weighted by atomic mass is 32.2. The van der Waals surface area contributed by atoms with Crippen LogP contribution in [0.3, 0.4) is 0 Å². The highest BCUT2D eigenvalue weighted by Crippen LogP contribution is 2.30. The number of amides is 1. The summed E-state index contributed by atoms with van der Waals surface area (Å²) < 4.78 is 32.4.